The minimum atomic E-state index is -4.46. The minimum Gasteiger partial charge on any atom is -0.323 e. The molecular weight excluding hydrogens is 401 g/mol. The van der Waals surface area contributed by atoms with Gasteiger partial charge in [-0.25, -0.2) is 0 Å². The maximum absolute atomic E-state index is 12.4. The van der Waals surface area contributed by atoms with E-state index < -0.39 is 13.4 Å². The Labute approximate surface area is 157 Å². The number of rotatable bonds is 5. The molecule has 0 bridgehead atoms. The van der Waals surface area contributed by atoms with Crippen LogP contribution in [-0.2, 0) is 4.57 Å². The summed E-state index contributed by atoms with van der Waals surface area (Å²) in [5, 5.41) is 0. The van der Waals surface area contributed by atoms with Crippen molar-refractivity contribution in [2.75, 3.05) is 4.90 Å². The third kappa shape index (κ3) is 4.59. The quantitative estimate of drug-likeness (QED) is 0.552. The van der Waals surface area contributed by atoms with Crippen LogP contribution in [0.1, 0.15) is 11.3 Å². The monoisotopic (exact) mass is 419 g/mol. The van der Waals surface area contributed by atoms with E-state index in [1.54, 1.807) is 29.2 Å². The summed E-state index contributed by atoms with van der Waals surface area (Å²) in [7, 11) is -4.46. The summed E-state index contributed by atoms with van der Waals surface area (Å²) in [6.45, 7) is 0. The predicted octanol–water partition coefficient (Wildman–Crippen LogP) is 5.28. The zero-order valence-electron chi connectivity index (χ0n) is 13.3. The van der Waals surface area contributed by atoms with Gasteiger partial charge in [0.25, 0.3) is 0 Å². The fourth-order valence-corrected chi connectivity index (χ4v) is 3.86. The first-order valence-electron chi connectivity index (χ1n) is 7.57. The van der Waals surface area contributed by atoms with Crippen LogP contribution in [0.4, 0.5) is 11.4 Å². The van der Waals surface area contributed by atoms with E-state index in [4.69, 9.17) is 0 Å². The fraction of sp³-hybridized carbons (Fsp3) is 0.0526. The lowest BCUT2D eigenvalue weighted by Gasteiger charge is -2.34. The highest BCUT2D eigenvalue weighted by Gasteiger charge is 2.37. The largest absolute Gasteiger partial charge is 0.352 e. The number of para-hydroxylation sites is 2. The third-order valence-corrected chi connectivity index (χ3v) is 4.90. The van der Waals surface area contributed by atoms with Crippen LogP contribution in [-0.4, -0.2) is 9.79 Å². The molecule has 0 aliphatic rings. The minimum absolute atomic E-state index is 0. The van der Waals surface area contributed by atoms with Gasteiger partial charge >= 0.3 is 7.60 Å². The van der Waals surface area contributed by atoms with Gasteiger partial charge in [0.2, 0.25) is 0 Å². The van der Waals surface area contributed by atoms with Gasteiger partial charge in [-0.2, -0.15) is 0 Å². The van der Waals surface area contributed by atoms with Crippen molar-refractivity contribution in [2.24, 2.45) is 0 Å². The van der Waals surface area contributed by atoms with E-state index in [0.29, 0.717) is 5.56 Å². The first kappa shape index (κ1) is 19.4. The zero-order valence-corrected chi connectivity index (χ0v) is 16.0. The Balaban J connectivity index is 0.00000225. The van der Waals surface area contributed by atoms with Gasteiger partial charge in [0, 0.05) is 11.4 Å². The van der Waals surface area contributed by atoms with Crippen molar-refractivity contribution in [1.82, 2.24) is 0 Å². The first-order valence-corrected chi connectivity index (χ1v) is 9.25. The van der Waals surface area contributed by atoms with Crippen molar-refractivity contribution in [1.29, 1.82) is 0 Å². The van der Waals surface area contributed by atoms with Crippen LogP contribution in [0.2, 0.25) is 0 Å². The summed E-state index contributed by atoms with van der Waals surface area (Å²) < 4.78 is 12.4. The summed E-state index contributed by atoms with van der Waals surface area (Å²) in [6.07, 6.45) is 0. The summed E-state index contributed by atoms with van der Waals surface area (Å²) in [5.74, 6) is -1.09. The lowest BCUT2D eigenvalue weighted by Crippen LogP contribution is -2.24. The van der Waals surface area contributed by atoms with E-state index in [-0.39, 0.29) is 17.0 Å². The lowest BCUT2D eigenvalue weighted by atomic mass is 10.1. The second-order valence-electron chi connectivity index (χ2n) is 5.41. The van der Waals surface area contributed by atoms with E-state index >= 15 is 0 Å². The van der Waals surface area contributed by atoms with Crippen molar-refractivity contribution in [3.8, 4) is 0 Å². The van der Waals surface area contributed by atoms with Gasteiger partial charge in [-0.3, -0.25) is 4.57 Å². The molecule has 1 atom stereocenters. The van der Waals surface area contributed by atoms with Crippen LogP contribution in [0.3, 0.4) is 0 Å². The molecule has 0 saturated carbocycles. The number of halogens is 1. The Morgan fingerprint density at radius 2 is 1.04 bits per heavy atom. The fourth-order valence-electron chi connectivity index (χ4n) is 2.73. The van der Waals surface area contributed by atoms with Gasteiger partial charge < -0.3 is 14.7 Å². The van der Waals surface area contributed by atoms with Gasteiger partial charge in [0.1, 0.15) is 0 Å². The maximum Gasteiger partial charge on any atom is 0.352 e. The van der Waals surface area contributed by atoms with Gasteiger partial charge in [-0.15, -0.1) is 17.0 Å². The van der Waals surface area contributed by atoms with Crippen molar-refractivity contribution >= 4 is 36.0 Å². The number of hydrogen-bond acceptors (Lipinski definition) is 2. The molecule has 0 amide bonds. The van der Waals surface area contributed by atoms with Crippen LogP contribution in [0, 0.1) is 0 Å². The van der Waals surface area contributed by atoms with Gasteiger partial charge in [-0.1, -0.05) is 66.7 Å². The number of hydrogen-bond donors (Lipinski definition) is 2. The Hall–Kier alpha value is -1.91. The molecule has 0 saturated heterocycles. The second-order valence-corrected chi connectivity index (χ2v) is 7.08. The van der Waals surface area contributed by atoms with E-state index in [0.717, 1.165) is 11.4 Å². The molecule has 3 rings (SSSR count). The molecule has 0 aromatic heterocycles. The Bertz CT molecular complexity index is 786. The molecule has 2 N–H and O–H groups in total. The highest BCUT2D eigenvalue weighted by molar-refractivity contribution is 8.93. The lowest BCUT2D eigenvalue weighted by molar-refractivity contribution is 0.359. The Morgan fingerprint density at radius 3 is 1.40 bits per heavy atom. The molecule has 130 valence electrons. The molecule has 25 heavy (non-hydrogen) atoms. The van der Waals surface area contributed by atoms with E-state index in [2.05, 4.69) is 0 Å². The zero-order chi connectivity index (χ0) is 17.0. The van der Waals surface area contributed by atoms with E-state index in [9.17, 15) is 14.4 Å². The molecule has 6 heteroatoms. The average molecular weight is 420 g/mol. The number of anilines is 2. The topological polar surface area (TPSA) is 60.8 Å². The van der Waals surface area contributed by atoms with Crippen molar-refractivity contribution in [3.05, 3.63) is 96.6 Å². The molecular formula is C19H19BrNO3P. The van der Waals surface area contributed by atoms with Crippen molar-refractivity contribution < 1.29 is 14.4 Å². The molecule has 0 radical (unpaired) electrons. The normalized spacial score (nSPS) is 12.1. The smallest absolute Gasteiger partial charge is 0.323 e. The van der Waals surface area contributed by atoms with E-state index in [1.807, 2.05) is 66.7 Å². The molecule has 3 aromatic carbocycles. The number of nitrogens with zero attached hydrogens (tertiary/aromatic N) is 1. The van der Waals surface area contributed by atoms with Crippen LogP contribution in [0.25, 0.3) is 0 Å². The average Bonchev–Trinajstić information content (AvgIpc) is 2.61. The Morgan fingerprint density at radius 1 is 0.680 bits per heavy atom. The third-order valence-electron chi connectivity index (χ3n) is 3.73. The molecule has 0 aliphatic carbocycles. The highest BCUT2D eigenvalue weighted by atomic mass is 79.9. The van der Waals surface area contributed by atoms with Gasteiger partial charge in [-0.05, 0) is 29.8 Å². The summed E-state index contributed by atoms with van der Waals surface area (Å²) in [4.78, 5) is 21.9. The molecule has 0 fully saturated rings. The molecule has 0 spiro atoms. The molecule has 0 aliphatic heterocycles. The molecule has 1 unspecified atom stereocenters. The maximum atomic E-state index is 12.4. The summed E-state index contributed by atoms with van der Waals surface area (Å²) >= 11 is 0. The van der Waals surface area contributed by atoms with Crippen LogP contribution < -0.4 is 4.90 Å². The molecule has 3 aromatic rings. The van der Waals surface area contributed by atoms with Crippen molar-refractivity contribution in [2.45, 2.75) is 5.78 Å². The van der Waals surface area contributed by atoms with Gasteiger partial charge in [0.15, 0.2) is 5.78 Å². The first-order chi connectivity index (χ1) is 11.6. The highest BCUT2D eigenvalue weighted by Crippen LogP contribution is 2.56. The molecule has 4 nitrogen and oxygen atoms in total. The number of benzene rings is 3. The second kappa shape index (κ2) is 8.45. The van der Waals surface area contributed by atoms with Crippen molar-refractivity contribution in [3.63, 3.8) is 0 Å². The Kier molecular flexibility index (Phi) is 6.57. The standard InChI is InChI=1S/C19H18NO3P.BrH/c21-24(22,23)19(16-10-4-1-5-11-16)20(17-12-6-2-7-13-17)18-14-8-3-9-15-18;/h1-15,19H,(H2,21,22,23);1H. The predicted molar refractivity (Wildman–Crippen MR) is 107 cm³/mol. The van der Waals surface area contributed by atoms with E-state index in [1.165, 1.54) is 0 Å². The SMILES string of the molecule is Br.O=P(O)(O)C(c1ccccc1)N(c1ccccc1)c1ccccc1. The van der Waals surface area contributed by atoms with Crippen LogP contribution in [0.5, 0.6) is 0 Å². The van der Waals surface area contributed by atoms with Gasteiger partial charge in [0.05, 0.1) is 0 Å². The van der Waals surface area contributed by atoms with Crippen LogP contribution in [0.15, 0.2) is 91.0 Å². The summed E-state index contributed by atoms with van der Waals surface area (Å²) in [6, 6.07) is 27.4. The molecule has 0 heterocycles. The van der Waals surface area contributed by atoms with Crippen LogP contribution >= 0.6 is 24.6 Å². The summed E-state index contributed by atoms with van der Waals surface area (Å²) in [5.41, 5.74) is 2.01.